The van der Waals surface area contributed by atoms with E-state index in [2.05, 4.69) is 51.1 Å². The van der Waals surface area contributed by atoms with E-state index in [0.717, 1.165) is 0 Å². The molecule has 1 aromatic carbocycles. The minimum atomic E-state index is 0.305. The Labute approximate surface area is 105 Å². The normalized spacial score (nSPS) is 25.9. The zero-order valence-corrected chi connectivity index (χ0v) is 12.0. The Morgan fingerprint density at radius 2 is 1.88 bits per heavy atom. The van der Waals surface area contributed by atoms with Crippen molar-refractivity contribution < 1.29 is 4.74 Å². The Bertz CT molecular complexity index is 334. The first-order valence-corrected chi connectivity index (χ1v) is 7.69. The number of rotatable bonds is 3. The van der Waals surface area contributed by atoms with E-state index < -0.39 is 0 Å². The second-order valence-electron chi connectivity index (χ2n) is 5.03. The molecule has 88 valence electrons. The molecule has 16 heavy (non-hydrogen) atoms. The van der Waals surface area contributed by atoms with Crippen molar-refractivity contribution in [2.75, 3.05) is 0 Å². The third kappa shape index (κ3) is 2.88. The van der Waals surface area contributed by atoms with Gasteiger partial charge in [-0.05, 0) is 0 Å². The van der Waals surface area contributed by atoms with Gasteiger partial charge in [0.15, 0.2) is 0 Å². The van der Waals surface area contributed by atoms with Crippen LogP contribution in [-0.2, 0) is 4.74 Å². The summed E-state index contributed by atoms with van der Waals surface area (Å²) in [6.07, 6.45) is 3.35. The number of ether oxygens (including phenoxy) is 1. The molecular formula is C14H20OSe. The minimum absolute atomic E-state index is 0.305. The molecule has 1 heterocycles. The molecule has 1 aliphatic heterocycles. The van der Waals surface area contributed by atoms with Crippen molar-refractivity contribution in [1.29, 1.82) is 0 Å². The van der Waals surface area contributed by atoms with E-state index in [9.17, 15) is 0 Å². The fourth-order valence-electron chi connectivity index (χ4n) is 2.17. The predicted octanol–water partition coefficient (Wildman–Crippen LogP) is 2.78. The first-order chi connectivity index (χ1) is 7.58. The molecule has 0 aliphatic carbocycles. The average Bonchev–Trinajstić information content (AvgIpc) is 2.66. The van der Waals surface area contributed by atoms with Gasteiger partial charge in [0.2, 0.25) is 0 Å². The monoisotopic (exact) mass is 284 g/mol. The first-order valence-electron chi connectivity index (χ1n) is 5.97. The standard InChI is InChI=1S/C14H20OSe/c1-11-9-10-13(15-11)14(2,3)16-12-7-5-4-6-8-12/h4-8,11,13H,9-10H2,1-3H3. The Hall–Kier alpha value is -0.301. The van der Waals surface area contributed by atoms with Crippen LogP contribution in [0.25, 0.3) is 0 Å². The molecule has 2 rings (SSSR count). The van der Waals surface area contributed by atoms with Crippen molar-refractivity contribution >= 4 is 19.4 Å². The molecule has 2 unspecified atom stereocenters. The van der Waals surface area contributed by atoms with E-state index in [1.54, 1.807) is 0 Å². The van der Waals surface area contributed by atoms with Gasteiger partial charge >= 0.3 is 105 Å². The molecule has 1 fully saturated rings. The molecule has 1 nitrogen and oxygen atoms in total. The molecule has 0 aromatic heterocycles. The van der Waals surface area contributed by atoms with Crippen LogP contribution in [0.3, 0.4) is 0 Å². The van der Waals surface area contributed by atoms with Gasteiger partial charge < -0.3 is 0 Å². The summed E-state index contributed by atoms with van der Waals surface area (Å²) in [5.41, 5.74) is 0. The van der Waals surface area contributed by atoms with E-state index in [-0.39, 0.29) is 0 Å². The van der Waals surface area contributed by atoms with Crippen molar-refractivity contribution in [3.05, 3.63) is 30.3 Å². The van der Waals surface area contributed by atoms with Crippen molar-refractivity contribution in [2.24, 2.45) is 0 Å². The molecular weight excluding hydrogens is 263 g/mol. The molecule has 0 radical (unpaired) electrons. The molecule has 2 heteroatoms. The van der Waals surface area contributed by atoms with Crippen molar-refractivity contribution in [2.45, 2.75) is 50.1 Å². The van der Waals surface area contributed by atoms with Gasteiger partial charge in [0, 0.05) is 0 Å². The SMILES string of the molecule is CC1CCC(C(C)(C)[Se]c2ccccc2)O1. The summed E-state index contributed by atoms with van der Waals surface area (Å²) in [6, 6.07) is 10.8. The predicted molar refractivity (Wildman–Crippen MR) is 69.4 cm³/mol. The molecule has 0 amide bonds. The topological polar surface area (TPSA) is 9.23 Å². The van der Waals surface area contributed by atoms with Crippen LogP contribution in [-0.4, -0.2) is 27.2 Å². The Balaban J connectivity index is 2.02. The van der Waals surface area contributed by atoms with Gasteiger partial charge in [0.05, 0.1) is 0 Å². The van der Waals surface area contributed by atoms with Gasteiger partial charge in [0.25, 0.3) is 0 Å². The van der Waals surface area contributed by atoms with Crippen LogP contribution in [0.4, 0.5) is 0 Å². The van der Waals surface area contributed by atoms with Gasteiger partial charge in [-0.1, -0.05) is 0 Å². The van der Waals surface area contributed by atoms with E-state index >= 15 is 0 Å². The fraction of sp³-hybridized carbons (Fsp3) is 0.571. The number of hydrogen-bond donors (Lipinski definition) is 0. The maximum atomic E-state index is 6.01. The number of hydrogen-bond acceptors (Lipinski definition) is 1. The maximum absolute atomic E-state index is 6.01. The van der Waals surface area contributed by atoms with Gasteiger partial charge in [-0.2, -0.15) is 0 Å². The molecule has 0 N–H and O–H groups in total. The molecule has 1 saturated heterocycles. The summed E-state index contributed by atoms with van der Waals surface area (Å²) in [5.74, 6) is 0. The van der Waals surface area contributed by atoms with E-state index in [4.69, 9.17) is 4.74 Å². The second-order valence-corrected chi connectivity index (χ2v) is 8.66. The van der Waals surface area contributed by atoms with E-state index in [0.29, 0.717) is 31.5 Å². The quantitative estimate of drug-likeness (QED) is 0.775. The van der Waals surface area contributed by atoms with E-state index in [1.165, 1.54) is 17.3 Å². The Morgan fingerprint density at radius 1 is 1.19 bits per heavy atom. The zero-order chi connectivity index (χ0) is 11.6. The summed E-state index contributed by atoms with van der Waals surface area (Å²) in [4.78, 5) is 0. The summed E-state index contributed by atoms with van der Waals surface area (Å²) >= 11 is 0.489. The summed E-state index contributed by atoms with van der Waals surface area (Å²) < 4.78 is 7.79. The molecule has 0 spiro atoms. The summed E-state index contributed by atoms with van der Waals surface area (Å²) in [7, 11) is 0. The third-order valence-electron chi connectivity index (χ3n) is 3.13. The van der Waals surface area contributed by atoms with Crippen LogP contribution in [0.2, 0.25) is 4.31 Å². The van der Waals surface area contributed by atoms with Crippen molar-refractivity contribution in [3.63, 3.8) is 0 Å². The Morgan fingerprint density at radius 3 is 2.44 bits per heavy atom. The van der Waals surface area contributed by atoms with Gasteiger partial charge in [-0.15, -0.1) is 0 Å². The number of benzene rings is 1. The van der Waals surface area contributed by atoms with Gasteiger partial charge in [0.1, 0.15) is 0 Å². The van der Waals surface area contributed by atoms with Crippen LogP contribution < -0.4 is 4.46 Å². The van der Waals surface area contributed by atoms with Crippen LogP contribution in [0, 0.1) is 0 Å². The molecule has 0 saturated carbocycles. The molecule has 1 aromatic rings. The molecule has 1 aliphatic rings. The molecule has 2 atom stereocenters. The average molecular weight is 283 g/mol. The van der Waals surface area contributed by atoms with Gasteiger partial charge in [-0.3, -0.25) is 0 Å². The van der Waals surface area contributed by atoms with Crippen LogP contribution >= 0.6 is 0 Å². The van der Waals surface area contributed by atoms with Crippen LogP contribution in [0.5, 0.6) is 0 Å². The summed E-state index contributed by atoms with van der Waals surface area (Å²) in [5, 5.41) is 0. The first kappa shape index (κ1) is 12.2. The van der Waals surface area contributed by atoms with Crippen molar-refractivity contribution in [1.82, 2.24) is 0 Å². The van der Waals surface area contributed by atoms with Crippen LogP contribution in [0.1, 0.15) is 33.6 Å². The fourth-order valence-corrected chi connectivity index (χ4v) is 4.70. The van der Waals surface area contributed by atoms with Gasteiger partial charge in [-0.25, -0.2) is 0 Å². The zero-order valence-electron chi connectivity index (χ0n) is 10.3. The second kappa shape index (κ2) is 4.91. The Kier molecular flexibility index (Phi) is 3.73. The summed E-state index contributed by atoms with van der Waals surface area (Å²) in [6.45, 7) is 6.89. The van der Waals surface area contributed by atoms with Crippen molar-refractivity contribution in [3.8, 4) is 0 Å². The van der Waals surface area contributed by atoms with E-state index in [1.807, 2.05) is 0 Å². The third-order valence-corrected chi connectivity index (χ3v) is 5.85. The molecule has 0 bridgehead atoms. The van der Waals surface area contributed by atoms with Crippen LogP contribution in [0.15, 0.2) is 30.3 Å².